The highest BCUT2D eigenvalue weighted by Gasteiger charge is 2.07. The predicted octanol–water partition coefficient (Wildman–Crippen LogP) is 5.84. The van der Waals surface area contributed by atoms with Crippen molar-refractivity contribution in [1.29, 1.82) is 0 Å². The van der Waals surface area contributed by atoms with E-state index in [1.165, 1.54) is 0 Å². The van der Waals surface area contributed by atoms with E-state index in [-0.39, 0.29) is 0 Å². The maximum Gasteiger partial charge on any atom is 0.138 e. The van der Waals surface area contributed by atoms with Gasteiger partial charge in [-0.2, -0.15) is 0 Å². The summed E-state index contributed by atoms with van der Waals surface area (Å²) in [5.74, 6) is 1.63. The zero-order chi connectivity index (χ0) is 15.1. The summed E-state index contributed by atoms with van der Waals surface area (Å²) in [4.78, 5) is 0. The average molecular weight is 372 g/mol. The normalized spacial score (nSPS) is 10.8. The van der Waals surface area contributed by atoms with Gasteiger partial charge in [0.25, 0.3) is 0 Å². The van der Waals surface area contributed by atoms with Gasteiger partial charge >= 0.3 is 0 Å². The number of rotatable bonds is 8. The van der Waals surface area contributed by atoms with Crippen molar-refractivity contribution in [1.82, 2.24) is 0 Å². The molecule has 0 radical (unpaired) electrons. The number of halogens is 2. The molecule has 0 aliphatic rings. The van der Waals surface area contributed by atoms with Crippen molar-refractivity contribution in [3.05, 3.63) is 35.4 Å². The largest absolute Gasteiger partial charge is 0.494 e. The topological polar surface area (TPSA) is 18.5 Å². The average Bonchev–Trinajstić information content (AvgIpc) is 2.50. The Morgan fingerprint density at radius 1 is 1.05 bits per heavy atom. The second-order valence-corrected chi connectivity index (χ2v) is 6.02. The minimum absolute atomic E-state index is 0.661. The third kappa shape index (κ3) is 4.52. The van der Waals surface area contributed by atoms with Crippen LogP contribution in [0.25, 0.3) is 10.8 Å². The van der Waals surface area contributed by atoms with Crippen molar-refractivity contribution in [3.63, 3.8) is 0 Å². The molecule has 21 heavy (non-hydrogen) atoms. The zero-order valence-electron chi connectivity index (χ0n) is 12.2. The van der Waals surface area contributed by atoms with Gasteiger partial charge in [-0.15, -0.1) is 0 Å². The second-order valence-electron chi connectivity index (χ2n) is 4.85. The van der Waals surface area contributed by atoms with Crippen LogP contribution in [0.4, 0.5) is 0 Å². The molecule has 2 aromatic rings. The third-order valence-corrected chi connectivity index (χ3v) is 4.14. The van der Waals surface area contributed by atoms with Crippen molar-refractivity contribution < 1.29 is 9.47 Å². The molecule has 0 saturated carbocycles. The minimum Gasteiger partial charge on any atom is -0.494 e. The lowest BCUT2D eigenvalue weighted by Gasteiger charge is -2.11. The van der Waals surface area contributed by atoms with E-state index in [9.17, 15) is 0 Å². The molecule has 0 heterocycles. The first-order valence-corrected chi connectivity index (χ1v) is 8.80. The molecule has 0 spiro atoms. The Hall–Kier alpha value is -0.930. The summed E-state index contributed by atoms with van der Waals surface area (Å²) in [6.07, 6.45) is 3.16. The number of unbranched alkanes of at least 4 members (excludes halogenated alkanes) is 1. The Morgan fingerprint density at radius 2 is 1.86 bits per heavy atom. The van der Waals surface area contributed by atoms with Crippen LogP contribution in [-0.4, -0.2) is 18.5 Å². The summed E-state index contributed by atoms with van der Waals surface area (Å²) in [6, 6.07) is 9.94. The van der Waals surface area contributed by atoms with Crippen LogP contribution in [0.15, 0.2) is 30.3 Å². The van der Waals surface area contributed by atoms with Crippen LogP contribution < -0.4 is 9.47 Å². The molecule has 0 aliphatic heterocycles. The molecule has 2 rings (SSSR count). The van der Waals surface area contributed by atoms with E-state index in [0.717, 1.165) is 53.5 Å². The molecule has 0 aliphatic carbocycles. The minimum atomic E-state index is 0.661. The number of ether oxygens (including phenoxy) is 2. The summed E-state index contributed by atoms with van der Waals surface area (Å²) in [6.45, 7) is 3.57. The van der Waals surface area contributed by atoms with Crippen LogP contribution in [0.5, 0.6) is 11.5 Å². The fraction of sp³-hybridized carbons (Fsp3) is 0.412. The quantitative estimate of drug-likeness (QED) is 0.429. The second kappa shape index (κ2) is 8.50. The highest BCUT2D eigenvalue weighted by molar-refractivity contribution is 9.09. The van der Waals surface area contributed by atoms with Gasteiger partial charge in [0, 0.05) is 10.7 Å². The lowest BCUT2D eigenvalue weighted by Crippen LogP contribution is -1.98. The maximum absolute atomic E-state index is 6.42. The van der Waals surface area contributed by atoms with Crippen molar-refractivity contribution >= 4 is 38.3 Å². The molecule has 4 heteroatoms. The fourth-order valence-electron chi connectivity index (χ4n) is 2.02. The van der Waals surface area contributed by atoms with Gasteiger partial charge in [-0.1, -0.05) is 46.9 Å². The molecule has 2 aromatic carbocycles. The van der Waals surface area contributed by atoms with E-state index in [1.807, 2.05) is 30.3 Å². The van der Waals surface area contributed by atoms with Gasteiger partial charge < -0.3 is 9.47 Å². The van der Waals surface area contributed by atoms with Gasteiger partial charge in [-0.05, 0) is 42.5 Å². The molecule has 0 amide bonds. The molecule has 2 nitrogen and oxygen atoms in total. The lowest BCUT2D eigenvalue weighted by atomic mass is 10.1. The first-order valence-electron chi connectivity index (χ1n) is 7.30. The van der Waals surface area contributed by atoms with E-state index in [4.69, 9.17) is 21.1 Å². The fourth-order valence-corrected chi connectivity index (χ4v) is 2.54. The number of benzene rings is 2. The lowest BCUT2D eigenvalue weighted by molar-refractivity contribution is 0.309. The van der Waals surface area contributed by atoms with E-state index in [1.54, 1.807) is 0 Å². The van der Waals surface area contributed by atoms with Gasteiger partial charge in [-0.25, -0.2) is 0 Å². The molecular weight excluding hydrogens is 352 g/mol. The standard InChI is InChI=1S/C17H20BrClO2/c1-2-3-10-20-14-6-7-15-13(12-14)5-8-16(17(15)19)21-11-4-9-18/h5-8,12H,2-4,9-11H2,1H3. The highest BCUT2D eigenvalue weighted by Crippen LogP contribution is 2.34. The molecule has 0 unspecified atom stereocenters. The number of hydrogen-bond acceptors (Lipinski definition) is 2. The molecular formula is C17H20BrClO2. The van der Waals surface area contributed by atoms with Gasteiger partial charge in [0.2, 0.25) is 0 Å². The summed E-state index contributed by atoms with van der Waals surface area (Å²) >= 11 is 9.81. The zero-order valence-corrected chi connectivity index (χ0v) is 14.5. The van der Waals surface area contributed by atoms with Gasteiger partial charge in [0.15, 0.2) is 0 Å². The number of alkyl halides is 1. The van der Waals surface area contributed by atoms with Crippen LogP contribution in [0.2, 0.25) is 5.02 Å². The highest BCUT2D eigenvalue weighted by atomic mass is 79.9. The summed E-state index contributed by atoms with van der Waals surface area (Å²) in [7, 11) is 0. The molecule has 0 N–H and O–H groups in total. The summed E-state index contributed by atoms with van der Waals surface area (Å²) < 4.78 is 11.4. The molecule has 0 aromatic heterocycles. The predicted molar refractivity (Wildman–Crippen MR) is 93.3 cm³/mol. The van der Waals surface area contributed by atoms with E-state index in [0.29, 0.717) is 11.6 Å². The van der Waals surface area contributed by atoms with Crippen LogP contribution in [-0.2, 0) is 0 Å². The van der Waals surface area contributed by atoms with Crippen molar-refractivity contribution in [2.45, 2.75) is 26.2 Å². The third-order valence-electron chi connectivity index (χ3n) is 3.19. The molecule has 0 atom stereocenters. The first kappa shape index (κ1) is 16.4. The van der Waals surface area contributed by atoms with Crippen molar-refractivity contribution in [2.75, 3.05) is 18.5 Å². The molecule has 0 saturated heterocycles. The van der Waals surface area contributed by atoms with E-state index in [2.05, 4.69) is 22.9 Å². The van der Waals surface area contributed by atoms with Gasteiger partial charge in [0.1, 0.15) is 11.5 Å². The van der Waals surface area contributed by atoms with Gasteiger partial charge in [-0.3, -0.25) is 0 Å². The summed E-state index contributed by atoms with van der Waals surface area (Å²) in [5, 5.41) is 3.66. The molecule has 0 fully saturated rings. The Bertz CT molecular complexity index is 586. The van der Waals surface area contributed by atoms with Crippen LogP contribution in [0, 0.1) is 0 Å². The Kier molecular flexibility index (Phi) is 6.65. The number of hydrogen-bond donors (Lipinski definition) is 0. The Morgan fingerprint density at radius 3 is 2.62 bits per heavy atom. The SMILES string of the molecule is CCCCOc1ccc2c(Cl)c(OCCCBr)ccc2c1. The number of fused-ring (bicyclic) bond motifs is 1. The maximum atomic E-state index is 6.42. The smallest absolute Gasteiger partial charge is 0.138 e. The van der Waals surface area contributed by atoms with E-state index < -0.39 is 0 Å². The monoisotopic (exact) mass is 370 g/mol. The van der Waals surface area contributed by atoms with Crippen LogP contribution >= 0.6 is 27.5 Å². The van der Waals surface area contributed by atoms with Gasteiger partial charge in [0.05, 0.1) is 18.2 Å². The summed E-state index contributed by atoms with van der Waals surface area (Å²) in [5.41, 5.74) is 0. The first-order chi connectivity index (χ1) is 10.3. The van der Waals surface area contributed by atoms with Crippen LogP contribution in [0.3, 0.4) is 0 Å². The molecule has 0 bridgehead atoms. The van der Waals surface area contributed by atoms with Crippen LogP contribution in [0.1, 0.15) is 26.2 Å². The van der Waals surface area contributed by atoms with Crippen molar-refractivity contribution in [3.8, 4) is 11.5 Å². The van der Waals surface area contributed by atoms with E-state index >= 15 is 0 Å². The molecule has 114 valence electrons. The Labute approximate surface area is 139 Å². The Balaban J connectivity index is 2.15. The van der Waals surface area contributed by atoms with Crippen molar-refractivity contribution in [2.24, 2.45) is 0 Å².